The van der Waals surface area contributed by atoms with Gasteiger partial charge in [0.15, 0.2) is 11.5 Å². The minimum absolute atomic E-state index is 0.128. The molecule has 0 fully saturated rings. The van der Waals surface area contributed by atoms with Gasteiger partial charge in [-0.3, -0.25) is 10.2 Å². The molecule has 0 unspecified atom stereocenters. The lowest BCUT2D eigenvalue weighted by molar-refractivity contribution is -0.123. The summed E-state index contributed by atoms with van der Waals surface area (Å²) >= 11 is 0. The van der Waals surface area contributed by atoms with E-state index in [9.17, 15) is 22.0 Å². The number of rotatable bonds is 6. The average Bonchev–Trinajstić information content (AvgIpc) is 2.58. The minimum Gasteiger partial charge on any atom is -0.482 e. The van der Waals surface area contributed by atoms with E-state index < -0.39 is 39.1 Å². The van der Waals surface area contributed by atoms with Gasteiger partial charge in [0.05, 0.1) is 5.56 Å². The maximum atomic E-state index is 13.5. The molecule has 0 bridgehead atoms. The molecule has 130 valence electrons. The number of nitrogens with one attached hydrogen (secondary N) is 2. The minimum atomic E-state index is -4.65. The molecule has 10 heteroatoms. The molecular weight excluding hydrogens is 356 g/mol. The molecule has 25 heavy (non-hydrogen) atoms. The highest BCUT2D eigenvalue weighted by molar-refractivity contribution is 7.89. The predicted molar refractivity (Wildman–Crippen MR) is 81.5 cm³/mol. The number of carbonyl (C=O) groups is 1. The molecule has 0 saturated carbocycles. The summed E-state index contributed by atoms with van der Waals surface area (Å²) in [5, 5.41) is 8.88. The molecule has 2 rings (SSSR count). The fourth-order valence-electron chi connectivity index (χ4n) is 1.78. The third-order valence-corrected chi connectivity index (χ3v) is 4.18. The number of para-hydroxylation sites is 1. The molecule has 0 saturated heterocycles. The third-order valence-electron chi connectivity index (χ3n) is 2.88. The summed E-state index contributed by atoms with van der Waals surface area (Å²) in [5.41, 5.74) is 1.95. The Morgan fingerprint density at radius 1 is 1.12 bits per heavy atom. The van der Waals surface area contributed by atoms with E-state index in [4.69, 9.17) is 10.00 Å². The number of hydrogen-bond acceptors (Lipinski definition) is 5. The van der Waals surface area contributed by atoms with Gasteiger partial charge in [-0.05, 0) is 24.3 Å². The van der Waals surface area contributed by atoms with Crippen molar-refractivity contribution < 1.29 is 26.7 Å². The Kier molecular flexibility index (Phi) is 5.63. The normalized spacial score (nSPS) is 10.8. The molecule has 2 aromatic carbocycles. The zero-order valence-corrected chi connectivity index (χ0v) is 13.3. The average molecular weight is 367 g/mol. The van der Waals surface area contributed by atoms with E-state index in [1.807, 2.05) is 6.07 Å². The fraction of sp³-hybridized carbons (Fsp3) is 0.0667. The second-order valence-corrected chi connectivity index (χ2v) is 6.22. The maximum absolute atomic E-state index is 13.5. The first kappa shape index (κ1) is 18.3. The Morgan fingerprint density at radius 3 is 2.40 bits per heavy atom. The molecule has 2 aromatic rings. The van der Waals surface area contributed by atoms with Crippen LogP contribution < -0.4 is 15.0 Å². The molecule has 1 amide bonds. The predicted octanol–water partition coefficient (Wildman–Crippen LogP) is 1.22. The third kappa shape index (κ3) is 4.50. The molecule has 0 heterocycles. The first-order valence-electron chi connectivity index (χ1n) is 6.71. The smallest absolute Gasteiger partial charge is 0.272 e. The highest BCUT2D eigenvalue weighted by Crippen LogP contribution is 2.18. The van der Waals surface area contributed by atoms with Crippen LogP contribution in [0.3, 0.4) is 0 Å². The van der Waals surface area contributed by atoms with Crippen molar-refractivity contribution in [1.82, 2.24) is 10.3 Å². The van der Waals surface area contributed by atoms with Crippen LogP contribution in [0.4, 0.5) is 8.78 Å². The van der Waals surface area contributed by atoms with Gasteiger partial charge in [0.2, 0.25) is 0 Å². The first-order chi connectivity index (χ1) is 11.8. The van der Waals surface area contributed by atoms with Crippen molar-refractivity contribution in [3.05, 3.63) is 59.7 Å². The maximum Gasteiger partial charge on any atom is 0.272 e. The van der Waals surface area contributed by atoms with Crippen molar-refractivity contribution in [2.75, 3.05) is 6.61 Å². The van der Waals surface area contributed by atoms with Crippen LogP contribution >= 0.6 is 0 Å². The quantitative estimate of drug-likeness (QED) is 0.747. The van der Waals surface area contributed by atoms with Gasteiger partial charge in [0, 0.05) is 0 Å². The van der Waals surface area contributed by atoms with Crippen molar-refractivity contribution in [2.24, 2.45) is 0 Å². The van der Waals surface area contributed by atoms with Gasteiger partial charge in [-0.2, -0.15) is 5.26 Å². The van der Waals surface area contributed by atoms with Gasteiger partial charge in [-0.25, -0.2) is 17.2 Å². The van der Waals surface area contributed by atoms with E-state index in [0.717, 1.165) is 18.2 Å². The summed E-state index contributed by atoms with van der Waals surface area (Å²) in [6, 6.07) is 10.5. The van der Waals surface area contributed by atoms with Crippen molar-refractivity contribution in [3.63, 3.8) is 0 Å². The molecule has 7 nitrogen and oxygen atoms in total. The van der Waals surface area contributed by atoms with Gasteiger partial charge >= 0.3 is 0 Å². The Bertz CT molecular complexity index is 922. The van der Waals surface area contributed by atoms with Gasteiger partial charge < -0.3 is 4.74 Å². The largest absolute Gasteiger partial charge is 0.482 e. The number of nitrogens with zero attached hydrogens (tertiary/aromatic N) is 1. The number of hydrazine groups is 1. The van der Waals surface area contributed by atoms with Crippen LogP contribution in [0.25, 0.3) is 0 Å². The van der Waals surface area contributed by atoms with E-state index >= 15 is 0 Å². The van der Waals surface area contributed by atoms with Crippen LogP contribution in [0.5, 0.6) is 5.75 Å². The molecule has 0 spiro atoms. The monoisotopic (exact) mass is 367 g/mol. The summed E-state index contributed by atoms with van der Waals surface area (Å²) < 4.78 is 55.8. The number of hydrogen-bond donors (Lipinski definition) is 2. The topological polar surface area (TPSA) is 108 Å². The number of benzene rings is 2. The zero-order valence-electron chi connectivity index (χ0n) is 12.5. The Morgan fingerprint density at radius 2 is 1.76 bits per heavy atom. The van der Waals surface area contributed by atoms with Crippen LogP contribution in [0.15, 0.2) is 47.4 Å². The lowest BCUT2D eigenvalue weighted by Crippen LogP contribution is -2.44. The van der Waals surface area contributed by atoms with E-state index in [-0.39, 0.29) is 11.3 Å². The van der Waals surface area contributed by atoms with Crippen LogP contribution in [0.1, 0.15) is 5.56 Å². The molecule has 2 N–H and O–H groups in total. The molecule has 0 aromatic heterocycles. The fourth-order valence-corrected chi connectivity index (χ4v) is 2.78. The van der Waals surface area contributed by atoms with E-state index in [0.29, 0.717) is 0 Å². The standard InChI is InChI=1S/C15H11F2N3O4S/c16-11-5-3-6-12(17)15(11)25(22,23)20-19-14(21)9-24-13-7-2-1-4-10(13)8-18/h1-7,20H,9H2,(H,19,21). The highest BCUT2D eigenvalue weighted by Gasteiger charge is 2.24. The van der Waals surface area contributed by atoms with Crippen molar-refractivity contribution in [2.45, 2.75) is 4.90 Å². The van der Waals surface area contributed by atoms with E-state index in [2.05, 4.69) is 0 Å². The van der Waals surface area contributed by atoms with Crippen LogP contribution in [0, 0.1) is 23.0 Å². The van der Waals surface area contributed by atoms with Crippen molar-refractivity contribution >= 4 is 15.9 Å². The Labute approximate surface area is 141 Å². The first-order valence-corrected chi connectivity index (χ1v) is 8.20. The molecular formula is C15H11F2N3O4S. The van der Waals surface area contributed by atoms with Gasteiger partial charge in [0.1, 0.15) is 23.5 Å². The van der Waals surface area contributed by atoms with Crippen LogP contribution in [-0.2, 0) is 14.8 Å². The number of carbonyl (C=O) groups excluding carboxylic acids is 1. The lowest BCUT2D eigenvalue weighted by Gasteiger charge is -2.11. The van der Waals surface area contributed by atoms with Crippen LogP contribution in [-0.4, -0.2) is 20.9 Å². The van der Waals surface area contributed by atoms with Gasteiger partial charge in [-0.1, -0.05) is 18.2 Å². The molecule has 0 aliphatic carbocycles. The summed E-state index contributed by atoms with van der Waals surface area (Å²) in [7, 11) is -4.65. The lowest BCUT2D eigenvalue weighted by atomic mass is 10.2. The number of ether oxygens (including phenoxy) is 1. The Hall–Kier alpha value is -3.03. The summed E-state index contributed by atoms with van der Waals surface area (Å²) in [5.74, 6) is -3.42. The number of sulfonamides is 1. The number of nitriles is 1. The molecule has 0 atom stereocenters. The summed E-state index contributed by atoms with van der Waals surface area (Å²) in [6.07, 6.45) is 0. The second-order valence-electron chi connectivity index (χ2n) is 4.60. The zero-order chi connectivity index (χ0) is 18.4. The van der Waals surface area contributed by atoms with E-state index in [1.165, 1.54) is 12.1 Å². The van der Waals surface area contributed by atoms with Crippen molar-refractivity contribution in [3.8, 4) is 11.8 Å². The van der Waals surface area contributed by atoms with Gasteiger partial charge in [-0.15, -0.1) is 4.83 Å². The van der Waals surface area contributed by atoms with Crippen LogP contribution in [0.2, 0.25) is 0 Å². The molecule has 0 radical (unpaired) electrons. The Balaban J connectivity index is 1.99. The number of amides is 1. The summed E-state index contributed by atoms with van der Waals surface area (Å²) in [4.78, 5) is 12.0. The van der Waals surface area contributed by atoms with Crippen molar-refractivity contribution in [1.29, 1.82) is 5.26 Å². The molecule has 0 aliphatic heterocycles. The molecule has 0 aliphatic rings. The van der Waals surface area contributed by atoms with Gasteiger partial charge in [0.25, 0.3) is 15.9 Å². The number of halogens is 2. The highest BCUT2D eigenvalue weighted by atomic mass is 32.2. The SMILES string of the molecule is N#Cc1ccccc1OCC(=O)NNS(=O)(=O)c1c(F)cccc1F. The summed E-state index contributed by atoms with van der Waals surface area (Å²) in [6.45, 7) is -0.624. The van der Waals surface area contributed by atoms with E-state index in [1.54, 1.807) is 22.4 Å². The second kappa shape index (κ2) is 7.69.